The fourth-order valence-electron chi connectivity index (χ4n) is 6.16. The van der Waals surface area contributed by atoms with Crippen molar-refractivity contribution in [3.8, 4) is 11.5 Å². The SMILES string of the molecule is CCc1ccccc1NC(=O)Cn1c(=O)n(Cc2ccc3c(c2)OCO3)c(=O)c2ccc(C(=O)CC3CCCCC3)cc21. The van der Waals surface area contributed by atoms with Crippen LogP contribution < -0.4 is 26.0 Å². The summed E-state index contributed by atoms with van der Waals surface area (Å²) in [5.74, 6) is 1.07. The minimum atomic E-state index is -0.633. The summed E-state index contributed by atoms with van der Waals surface area (Å²) in [6.45, 7) is 1.77. The second-order valence-electron chi connectivity index (χ2n) is 11.4. The van der Waals surface area contributed by atoms with Crippen LogP contribution in [-0.2, 0) is 24.3 Å². The van der Waals surface area contributed by atoms with Crippen LogP contribution in [0.25, 0.3) is 10.9 Å². The van der Waals surface area contributed by atoms with E-state index in [1.807, 2.05) is 31.2 Å². The van der Waals surface area contributed by atoms with Gasteiger partial charge in [-0.25, -0.2) is 4.79 Å². The van der Waals surface area contributed by atoms with Gasteiger partial charge in [0.1, 0.15) is 6.54 Å². The van der Waals surface area contributed by atoms with Gasteiger partial charge in [0.15, 0.2) is 17.3 Å². The van der Waals surface area contributed by atoms with Crippen LogP contribution in [0.2, 0.25) is 0 Å². The zero-order chi connectivity index (χ0) is 29.9. The number of nitrogens with one attached hydrogen (secondary N) is 1. The Morgan fingerprint density at radius 2 is 1.70 bits per heavy atom. The second kappa shape index (κ2) is 12.3. The molecular weight excluding hydrogens is 546 g/mol. The maximum atomic E-state index is 14.0. The normalized spacial score (nSPS) is 14.6. The number of nitrogens with zero attached hydrogens (tertiary/aromatic N) is 2. The number of fused-ring (bicyclic) bond motifs is 2. The number of amides is 1. The van der Waals surface area contributed by atoms with Crippen molar-refractivity contribution >= 4 is 28.3 Å². The van der Waals surface area contributed by atoms with Crippen LogP contribution in [0, 0.1) is 5.92 Å². The average molecular weight is 582 g/mol. The lowest BCUT2D eigenvalue weighted by Gasteiger charge is -2.21. The van der Waals surface area contributed by atoms with E-state index in [1.165, 1.54) is 11.0 Å². The third-order valence-corrected chi connectivity index (χ3v) is 8.50. The highest BCUT2D eigenvalue weighted by atomic mass is 16.7. The van der Waals surface area contributed by atoms with Gasteiger partial charge in [0.05, 0.1) is 17.4 Å². The zero-order valence-corrected chi connectivity index (χ0v) is 24.3. The van der Waals surface area contributed by atoms with Crippen LogP contribution in [0.15, 0.2) is 70.3 Å². The van der Waals surface area contributed by atoms with E-state index < -0.39 is 17.2 Å². The predicted molar refractivity (Wildman–Crippen MR) is 164 cm³/mol. The lowest BCUT2D eigenvalue weighted by atomic mass is 9.85. The van der Waals surface area contributed by atoms with Crippen molar-refractivity contribution in [1.82, 2.24) is 9.13 Å². The molecule has 1 amide bonds. The molecule has 0 saturated heterocycles. The van der Waals surface area contributed by atoms with Crippen molar-refractivity contribution in [1.29, 1.82) is 0 Å². The van der Waals surface area contributed by atoms with E-state index in [2.05, 4.69) is 5.32 Å². The number of aryl methyl sites for hydroxylation is 1. The highest BCUT2D eigenvalue weighted by molar-refractivity contribution is 5.99. The Hall–Kier alpha value is -4.66. The number of ketones is 1. The van der Waals surface area contributed by atoms with Crippen LogP contribution in [-0.4, -0.2) is 27.6 Å². The molecule has 2 heterocycles. The van der Waals surface area contributed by atoms with Gasteiger partial charge in [0.25, 0.3) is 5.56 Å². The smallest absolute Gasteiger partial charge is 0.332 e. The first-order chi connectivity index (χ1) is 20.9. The van der Waals surface area contributed by atoms with Crippen LogP contribution in [0.3, 0.4) is 0 Å². The summed E-state index contributed by atoms with van der Waals surface area (Å²) < 4.78 is 13.3. The Morgan fingerprint density at radius 3 is 2.51 bits per heavy atom. The number of hydrogen-bond acceptors (Lipinski definition) is 6. The van der Waals surface area contributed by atoms with E-state index in [9.17, 15) is 19.2 Å². The fourth-order valence-corrected chi connectivity index (χ4v) is 6.16. The first-order valence-corrected chi connectivity index (χ1v) is 15.0. The molecule has 1 aliphatic carbocycles. The lowest BCUT2D eigenvalue weighted by molar-refractivity contribution is -0.116. The minimum Gasteiger partial charge on any atom is -0.454 e. The van der Waals surface area contributed by atoms with Gasteiger partial charge in [-0.2, -0.15) is 0 Å². The molecule has 6 rings (SSSR count). The fraction of sp³-hybridized carbons (Fsp3) is 0.353. The zero-order valence-electron chi connectivity index (χ0n) is 24.3. The quantitative estimate of drug-likeness (QED) is 0.269. The molecule has 0 bridgehead atoms. The van der Waals surface area contributed by atoms with Gasteiger partial charge in [-0.05, 0) is 53.8 Å². The molecule has 4 aromatic rings. The summed E-state index contributed by atoms with van der Waals surface area (Å²) >= 11 is 0. The second-order valence-corrected chi connectivity index (χ2v) is 11.4. The van der Waals surface area contributed by atoms with Gasteiger partial charge >= 0.3 is 5.69 Å². The molecule has 3 aromatic carbocycles. The summed E-state index contributed by atoms with van der Waals surface area (Å²) in [5.41, 5.74) is 1.90. The van der Waals surface area contributed by atoms with E-state index in [4.69, 9.17) is 9.47 Å². The number of hydrogen-bond donors (Lipinski definition) is 1. The van der Waals surface area contributed by atoms with Gasteiger partial charge in [-0.15, -0.1) is 0 Å². The highest BCUT2D eigenvalue weighted by Crippen LogP contribution is 2.32. The maximum Gasteiger partial charge on any atom is 0.332 e. The molecule has 222 valence electrons. The summed E-state index contributed by atoms with van der Waals surface area (Å²) in [4.78, 5) is 54.3. The van der Waals surface area contributed by atoms with Crippen molar-refractivity contribution in [3.63, 3.8) is 0 Å². The van der Waals surface area contributed by atoms with E-state index in [0.717, 1.165) is 42.2 Å². The number of anilines is 1. The molecule has 1 aliphatic heterocycles. The van der Waals surface area contributed by atoms with Crippen LogP contribution in [0.5, 0.6) is 11.5 Å². The number of carbonyl (C=O) groups is 2. The maximum absolute atomic E-state index is 14.0. The first-order valence-electron chi connectivity index (χ1n) is 15.0. The topological polar surface area (TPSA) is 109 Å². The number of Topliss-reactive ketones (excluding diaryl/α,β-unsaturated/α-hetero) is 1. The Labute approximate surface area is 249 Å². The van der Waals surface area contributed by atoms with Crippen LogP contribution in [0.4, 0.5) is 5.69 Å². The van der Waals surface area contributed by atoms with Gasteiger partial charge in [0, 0.05) is 17.7 Å². The number of benzene rings is 3. The van der Waals surface area contributed by atoms with E-state index in [1.54, 1.807) is 36.4 Å². The first kappa shape index (κ1) is 28.5. The molecule has 43 heavy (non-hydrogen) atoms. The minimum absolute atomic E-state index is 0.0151. The predicted octanol–water partition coefficient (Wildman–Crippen LogP) is 5.29. The molecule has 0 radical (unpaired) electrons. The Kier molecular flexibility index (Phi) is 8.13. The lowest BCUT2D eigenvalue weighted by Crippen LogP contribution is -2.42. The van der Waals surface area contributed by atoms with E-state index in [-0.39, 0.29) is 36.6 Å². The van der Waals surface area contributed by atoms with Crippen molar-refractivity contribution in [2.45, 2.75) is 65.0 Å². The molecule has 9 nitrogen and oxygen atoms in total. The van der Waals surface area contributed by atoms with Crippen molar-refractivity contribution < 1.29 is 19.1 Å². The highest BCUT2D eigenvalue weighted by Gasteiger charge is 2.22. The molecule has 0 atom stereocenters. The van der Waals surface area contributed by atoms with Gasteiger partial charge in [0.2, 0.25) is 12.7 Å². The van der Waals surface area contributed by atoms with E-state index in [0.29, 0.717) is 40.7 Å². The number of ether oxygens (including phenoxy) is 2. The monoisotopic (exact) mass is 581 g/mol. The number of rotatable bonds is 9. The number of para-hydroxylation sites is 1. The molecule has 1 aromatic heterocycles. The molecule has 1 fully saturated rings. The van der Waals surface area contributed by atoms with Crippen molar-refractivity contribution in [2.24, 2.45) is 5.92 Å². The molecule has 9 heteroatoms. The molecular formula is C34H35N3O6. The van der Waals surface area contributed by atoms with Crippen molar-refractivity contribution in [2.75, 3.05) is 12.1 Å². The molecule has 0 spiro atoms. The molecule has 2 aliphatic rings. The van der Waals surface area contributed by atoms with Gasteiger partial charge < -0.3 is 14.8 Å². The Morgan fingerprint density at radius 1 is 0.907 bits per heavy atom. The Bertz CT molecular complexity index is 1820. The number of aromatic nitrogens is 2. The third-order valence-electron chi connectivity index (χ3n) is 8.50. The summed E-state index contributed by atoms with van der Waals surface area (Å²) in [6, 6.07) is 17.6. The van der Waals surface area contributed by atoms with Crippen molar-refractivity contribution in [3.05, 3.63) is 98.2 Å². The van der Waals surface area contributed by atoms with Gasteiger partial charge in [-0.1, -0.05) is 69.4 Å². The summed E-state index contributed by atoms with van der Waals surface area (Å²) in [6.07, 6.45) is 6.71. The molecule has 1 saturated carbocycles. The molecule has 0 unspecified atom stereocenters. The van der Waals surface area contributed by atoms with Gasteiger partial charge in [-0.3, -0.25) is 23.5 Å². The van der Waals surface area contributed by atoms with E-state index >= 15 is 0 Å². The van der Waals surface area contributed by atoms with Crippen LogP contribution >= 0.6 is 0 Å². The number of carbonyl (C=O) groups excluding carboxylic acids is 2. The summed E-state index contributed by atoms with van der Waals surface area (Å²) in [7, 11) is 0. The Balaban J connectivity index is 1.39. The standard InChI is InChI=1S/C34H35N3O6/c1-2-24-10-6-7-11-27(24)35-32(39)20-36-28-18-25(29(38)16-22-8-4-3-5-9-22)13-14-26(28)33(40)37(34(36)41)19-23-12-15-30-31(17-23)43-21-42-30/h6-7,10-15,17-18,22H,2-5,8-9,16,19-21H2,1H3,(H,35,39). The molecule has 1 N–H and O–H groups in total. The average Bonchev–Trinajstić information content (AvgIpc) is 3.50. The largest absolute Gasteiger partial charge is 0.454 e. The third kappa shape index (κ3) is 5.98. The van der Waals surface area contributed by atoms with Crippen LogP contribution in [0.1, 0.15) is 66.9 Å². The summed E-state index contributed by atoms with van der Waals surface area (Å²) in [5, 5.41) is 3.18.